The average Bonchev–Trinajstić information content (AvgIpc) is 3.05. The van der Waals surface area contributed by atoms with Crippen LogP contribution in [0, 0.1) is 0 Å². The molecule has 1 atom stereocenters. The van der Waals surface area contributed by atoms with E-state index in [1.807, 2.05) is 18.2 Å². The number of carbonyl (C=O) groups is 2. The van der Waals surface area contributed by atoms with Crippen molar-refractivity contribution in [3.05, 3.63) is 23.8 Å². The summed E-state index contributed by atoms with van der Waals surface area (Å²) < 4.78 is 10.9. The van der Waals surface area contributed by atoms with Gasteiger partial charge in [-0.05, 0) is 49.8 Å². The van der Waals surface area contributed by atoms with Crippen molar-refractivity contribution in [3.63, 3.8) is 0 Å². The molecule has 140 valence electrons. The molecule has 26 heavy (non-hydrogen) atoms. The number of hydrogen-bond donors (Lipinski definition) is 2. The summed E-state index contributed by atoms with van der Waals surface area (Å²) in [7, 11) is 0. The number of ether oxygens (including phenoxy) is 2. The van der Waals surface area contributed by atoms with Crippen molar-refractivity contribution in [2.24, 2.45) is 0 Å². The van der Waals surface area contributed by atoms with Gasteiger partial charge in [-0.2, -0.15) is 0 Å². The lowest BCUT2D eigenvalue weighted by Crippen LogP contribution is -2.53. The van der Waals surface area contributed by atoms with Gasteiger partial charge in [0.1, 0.15) is 6.04 Å². The minimum atomic E-state index is -0.591. The highest BCUT2D eigenvalue weighted by Crippen LogP contribution is 2.43. The number of nitrogens with one attached hydrogen (secondary N) is 2. The van der Waals surface area contributed by atoms with Gasteiger partial charge in [0.05, 0.1) is 5.41 Å². The first-order valence-electron chi connectivity index (χ1n) is 9.68. The molecule has 3 aliphatic rings. The first-order chi connectivity index (χ1) is 12.7. The van der Waals surface area contributed by atoms with Gasteiger partial charge >= 0.3 is 0 Å². The third-order valence-corrected chi connectivity index (χ3v) is 5.91. The fourth-order valence-electron chi connectivity index (χ4n) is 4.37. The Balaban J connectivity index is 1.61. The summed E-state index contributed by atoms with van der Waals surface area (Å²) in [6.45, 7) is 0.915. The van der Waals surface area contributed by atoms with Crippen molar-refractivity contribution in [3.8, 4) is 11.5 Å². The second kappa shape index (κ2) is 7.17. The molecular formula is C20H26N2O4. The summed E-state index contributed by atoms with van der Waals surface area (Å²) in [4.78, 5) is 25.6. The molecule has 2 N–H and O–H groups in total. The number of rotatable bonds is 3. The van der Waals surface area contributed by atoms with Crippen LogP contribution in [-0.4, -0.2) is 31.2 Å². The second-order valence-corrected chi connectivity index (χ2v) is 7.52. The van der Waals surface area contributed by atoms with Gasteiger partial charge in [-0.1, -0.05) is 25.3 Å². The average molecular weight is 358 g/mol. The van der Waals surface area contributed by atoms with E-state index >= 15 is 0 Å². The van der Waals surface area contributed by atoms with Gasteiger partial charge in [-0.3, -0.25) is 9.59 Å². The second-order valence-electron chi connectivity index (χ2n) is 7.52. The van der Waals surface area contributed by atoms with Crippen LogP contribution in [0.1, 0.15) is 56.9 Å². The molecule has 6 nitrogen and oxygen atoms in total. The maximum atomic E-state index is 13.4. The van der Waals surface area contributed by atoms with E-state index in [2.05, 4.69) is 10.6 Å². The fraction of sp³-hybridized carbons (Fsp3) is 0.600. The molecule has 6 heteroatoms. The summed E-state index contributed by atoms with van der Waals surface area (Å²) in [5.74, 6) is 1.33. The van der Waals surface area contributed by atoms with Gasteiger partial charge < -0.3 is 20.1 Å². The minimum Gasteiger partial charge on any atom is -0.454 e. The number of hydrogen-bond acceptors (Lipinski definition) is 4. The molecule has 1 unspecified atom stereocenters. The van der Waals surface area contributed by atoms with Crippen molar-refractivity contribution >= 4 is 11.8 Å². The van der Waals surface area contributed by atoms with E-state index in [4.69, 9.17) is 9.47 Å². The third kappa shape index (κ3) is 3.13. The maximum Gasteiger partial charge on any atom is 0.242 e. The van der Waals surface area contributed by atoms with Crippen LogP contribution in [0.5, 0.6) is 11.5 Å². The SMILES string of the molecule is O=C1NCCCCC1NC(=O)C1(c2ccc3c(c2)OCO3)CCCCC1. The van der Waals surface area contributed by atoms with Crippen LogP contribution in [0.4, 0.5) is 0 Å². The Labute approximate surface area is 153 Å². The first kappa shape index (κ1) is 17.2. The minimum absolute atomic E-state index is 0.0295. The van der Waals surface area contributed by atoms with Gasteiger partial charge in [0.25, 0.3) is 0 Å². The van der Waals surface area contributed by atoms with E-state index < -0.39 is 11.5 Å². The molecule has 1 saturated carbocycles. The molecule has 2 aliphatic heterocycles. The number of benzene rings is 1. The summed E-state index contributed by atoms with van der Waals surface area (Å²) in [6, 6.07) is 5.38. The normalized spacial score (nSPS) is 24.5. The predicted molar refractivity (Wildman–Crippen MR) is 96.1 cm³/mol. The monoisotopic (exact) mass is 358 g/mol. The highest BCUT2D eigenvalue weighted by molar-refractivity contribution is 5.93. The molecule has 0 bridgehead atoms. The molecule has 4 rings (SSSR count). The van der Waals surface area contributed by atoms with Gasteiger partial charge in [-0.25, -0.2) is 0 Å². The summed E-state index contributed by atoms with van der Waals surface area (Å²) in [5.41, 5.74) is 0.374. The summed E-state index contributed by atoms with van der Waals surface area (Å²) >= 11 is 0. The van der Waals surface area contributed by atoms with Crippen LogP contribution in [0.2, 0.25) is 0 Å². The Morgan fingerprint density at radius 2 is 1.88 bits per heavy atom. The van der Waals surface area contributed by atoms with Crippen LogP contribution < -0.4 is 20.1 Å². The van der Waals surface area contributed by atoms with Crippen molar-refractivity contribution in [1.29, 1.82) is 0 Å². The molecule has 0 radical (unpaired) electrons. The molecule has 2 amide bonds. The summed E-state index contributed by atoms with van der Waals surface area (Å²) in [5, 5.41) is 5.96. The quantitative estimate of drug-likeness (QED) is 0.870. The van der Waals surface area contributed by atoms with E-state index in [1.54, 1.807) is 0 Å². The lowest BCUT2D eigenvalue weighted by Gasteiger charge is -2.37. The van der Waals surface area contributed by atoms with E-state index in [0.29, 0.717) is 18.7 Å². The Kier molecular flexibility index (Phi) is 4.74. The molecule has 2 heterocycles. The predicted octanol–water partition coefficient (Wildman–Crippen LogP) is 2.40. The van der Waals surface area contributed by atoms with Crippen LogP contribution in [0.15, 0.2) is 18.2 Å². The van der Waals surface area contributed by atoms with Gasteiger partial charge in [0.2, 0.25) is 18.6 Å². The molecular weight excluding hydrogens is 332 g/mol. The molecule has 1 aromatic carbocycles. The molecule has 0 spiro atoms. The van der Waals surface area contributed by atoms with Gasteiger partial charge in [0.15, 0.2) is 11.5 Å². The van der Waals surface area contributed by atoms with Crippen LogP contribution in [-0.2, 0) is 15.0 Å². The fourth-order valence-corrected chi connectivity index (χ4v) is 4.37. The van der Waals surface area contributed by atoms with E-state index in [1.165, 1.54) is 0 Å². The maximum absolute atomic E-state index is 13.4. The van der Waals surface area contributed by atoms with Gasteiger partial charge in [-0.15, -0.1) is 0 Å². The first-order valence-corrected chi connectivity index (χ1v) is 9.68. The van der Waals surface area contributed by atoms with Crippen LogP contribution in [0.3, 0.4) is 0 Å². The van der Waals surface area contributed by atoms with Crippen molar-refractivity contribution < 1.29 is 19.1 Å². The highest BCUT2D eigenvalue weighted by atomic mass is 16.7. The summed E-state index contributed by atoms with van der Waals surface area (Å²) in [6.07, 6.45) is 7.38. The van der Waals surface area contributed by atoms with E-state index in [9.17, 15) is 9.59 Å². The molecule has 0 aromatic heterocycles. The Bertz CT molecular complexity index is 697. The lowest BCUT2D eigenvalue weighted by molar-refractivity contribution is -0.133. The molecule has 1 saturated heterocycles. The zero-order valence-electron chi connectivity index (χ0n) is 15.0. The smallest absolute Gasteiger partial charge is 0.242 e. The topological polar surface area (TPSA) is 76.7 Å². The standard InChI is InChI=1S/C20H26N2O4/c23-18-15(6-2-5-11-21-18)22-19(24)20(9-3-1-4-10-20)14-7-8-16-17(12-14)26-13-25-16/h7-8,12,15H,1-6,9-11,13H2,(H,21,23)(H,22,24). The van der Waals surface area contributed by atoms with Crippen molar-refractivity contribution in [1.82, 2.24) is 10.6 Å². The van der Waals surface area contributed by atoms with Crippen molar-refractivity contribution in [2.75, 3.05) is 13.3 Å². The molecule has 1 aromatic rings. The van der Waals surface area contributed by atoms with Crippen LogP contribution in [0.25, 0.3) is 0 Å². The lowest BCUT2D eigenvalue weighted by atomic mass is 9.68. The van der Waals surface area contributed by atoms with Crippen LogP contribution >= 0.6 is 0 Å². The number of carbonyl (C=O) groups excluding carboxylic acids is 2. The third-order valence-electron chi connectivity index (χ3n) is 5.91. The van der Waals surface area contributed by atoms with Crippen molar-refractivity contribution in [2.45, 2.75) is 62.8 Å². The molecule has 1 aliphatic carbocycles. The van der Waals surface area contributed by atoms with E-state index in [-0.39, 0.29) is 18.6 Å². The molecule has 2 fully saturated rings. The van der Waals surface area contributed by atoms with Gasteiger partial charge in [0, 0.05) is 6.54 Å². The highest BCUT2D eigenvalue weighted by Gasteiger charge is 2.43. The Morgan fingerprint density at radius 3 is 2.73 bits per heavy atom. The number of fused-ring (bicyclic) bond motifs is 1. The number of amides is 2. The largest absolute Gasteiger partial charge is 0.454 e. The van der Waals surface area contributed by atoms with E-state index in [0.717, 1.165) is 56.3 Å². The Morgan fingerprint density at radius 1 is 1.08 bits per heavy atom. The zero-order chi connectivity index (χ0) is 18.0. The zero-order valence-corrected chi connectivity index (χ0v) is 15.0. The Hall–Kier alpha value is -2.24.